The molecule has 3 aliphatic rings. The number of hydrogen-bond donors (Lipinski definition) is 1. The molecule has 3 saturated heterocycles. The average Bonchev–Trinajstić information content (AvgIpc) is 3.50. The fourth-order valence-corrected chi connectivity index (χ4v) is 9.73. The number of thioether (sulfide) groups is 1. The molecule has 3 heterocycles. The molecule has 0 aromatic heterocycles. The number of aryl methyl sites for hydroxylation is 1. The number of amides is 2. The number of likely N-dealkylation sites (tertiary alicyclic amines) is 1. The molecule has 4 rings (SSSR count). The summed E-state index contributed by atoms with van der Waals surface area (Å²) in [7, 11) is 0. The Balaban J connectivity index is 1.83. The standard InChI is InChI=1S/C31H41ClN2O5S/c1-7-9-10-15-39-30(38)24-23-16-20(6)31(40-23)25(24)28(36)34(22(17-35)18(3)4)27(31)29(37)33(14-8-2)26-19(5)12-11-13-21(26)32/h7-8,11-13,18,20,22-25,27,35H,1-2,9-10,14-17H2,3-6H3/t20?,22-,23+,24-,25-,27?,31?/m0/s1. The van der Waals surface area contributed by atoms with Gasteiger partial charge in [-0.05, 0) is 49.7 Å². The van der Waals surface area contributed by atoms with Gasteiger partial charge in [-0.25, -0.2) is 0 Å². The molecule has 1 N–H and O–H groups in total. The van der Waals surface area contributed by atoms with Crippen LogP contribution in [-0.4, -0.2) is 69.6 Å². The van der Waals surface area contributed by atoms with E-state index < -0.39 is 28.7 Å². The van der Waals surface area contributed by atoms with Crippen LogP contribution in [0.5, 0.6) is 0 Å². The Morgan fingerprint density at radius 3 is 2.65 bits per heavy atom. The molecule has 40 heavy (non-hydrogen) atoms. The van der Waals surface area contributed by atoms with Crippen LogP contribution in [0, 0.1) is 30.6 Å². The maximum absolute atomic E-state index is 14.8. The van der Waals surface area contributed by atoms with Gasteiger partial charge in [0.15, 0.2) is 0 Å². The lowest BCUT2D eigenvalue weighted by Gasteiger charge is -2.43. The van der Waals surface area contributed by atoms with E-state index in [2.05, 4.69) is 20.1 Å². The van der Waals surface area contributed by atoms with E-state index >= 15 is 0 Å². The minimum absolute atomic E-state index is 0.00959. The van der Waals surface area contributed by atoms with Gasteiger partial charge in [-0.2, -0.15) is 0 Å². The predicted molar refractivity (Wildman–Crippen MR) is 160 cm³/mol. The van der Waals surface area contributed by atoms with Crippen molar-refractivity contribution in [3.8, 4) is 0 Å². The monoisotopic (exact) mass is 588 g/mol. The lowest BCUT2D eigenvalue weighted by Crippen LogP contribution is -2.60. The molecule has 2 amide bonds. The molecule has 7 atom stereocenters. The third kappa shape index (κ3) is 4.90. The molecule has 0 aliphatic carbocycles. The van der Waals surface area contributed by atoms with E-state index in [9.17, 15) is 19.5 Å². The van der Waals surface area contributed by atoms with Crippen molar-refractivity contribution >= 4 is 46.8 Å². The summed E-state index contributed by atoms with van der Waals surface area (Å²) >= 11 is 8.24. The molecule has 1 spiro atoms. The third-order valence-corrected chi connectivity index (χ3v) is 11.2. The van der Waals surface area contributed by atoms with Crippen LogP contribution in [0.15, 0.2) is 43.5 Å². The molecule has 7 nitrogen and oxygen atoms in total. The molecular weight excluding hydrogens is 548 g/mol. The lowest BCUT2D eigenvalue weighted by molar-refractivity contribution is -0.155. The van der Waals surface area contributed by atoms with Gasteiger partial charge in [-0.1, -0.05) is 56.7 Å². The number of para-hydroxylation sites is 1. The van der Waals surface area contributed by atoms with Gasteiger partial charge in [0.25, 0.3) is 5.91 Å². The molecule has 2 bridgehead atoms. The largest absolute Gasteiger partial charge is 0.465 e. The molecule has 0 saturated carbocycles. The van der Waals surface area contributed by atoms with Crippen molar-refractivity contribution in [2.24, 2.45) is 23.7 Å². The van der Waals surface area contributed by atoms with E-state index in [1.165, 1.54) is 0 Å². The second kappa shape index (κ2) is 12.3. The van der Waals surface area contributed by atoms with Crippen LogP contribution in [0.25, 0.3) is 0 Å². The summed E-state index contributed by atoms with van der Waals surface area (Å²) in [6.07, 6.45) is 5.53. The third-order valence-electron chi connectivity index (χ3n) is 8.84. The first-order valence-electron chi connectivity index (χ1n) is 14.1. The highest BCUT2D eigenvalue weighted by molar-refractivity contribution is 8.02. The zero-order valence-corrected chi connectivity index (χ0v) is 25.4. The van der Waals surface area contributed by atoms with Gasteiger partial charge >= 0.3 is 5.97 Å². The fourth-order valence-electron chi connectivity index (χ4n) is 7.01. The number of aliphatic hydroxyl groups is 1. The maximum atomic E-state index is 14.8. The van der Waals surface area contributed by atoms with Crippen LogP contribution in [-0.2, 0) is 19.1 Å². The Hall–Kier alpha value is -2.29. The summed E-state index contributed by atoms with van der Waals surface area (Å²) in [5.74, 6) is -2.38. The minimum atomic E-state index is -0.885. The molecule has 3 fully saturated rings. The number of carbonyl (C=O) groups excluding carboxylic acids is 3. The molecular formula is C31H41ClN2O5S. The number of nitrogens with zero attached hydrogens (tertiary/aromatic N) is 2. The molecule has 1 aromatic carbocycles. The second-order valence-corrected chi connectivity index (χ2v) is 13.5. The van der Waals surface area contributed by atoms with E-state index in [0.717, 1.165) is 12.0 Å². The summed E-state index contributed by atoms with van der Waals surface area (Å²) in [5.41, 5.74) is 1.40. The van der Waals surface area contributed by atoms with Gasteiger partial charge in [0.05, 0.1) is 46.5 Å². The van der Waals surface area contributed by atoms with Crippen molar-refractivity contribution in [2.45, 2.75) is 69.0 Å². The number of unbranched alkanes of at least 4 members (excludes halogenated alkanes) is 1. The van der Waals surface area contributed by atoms with Crippen LogP contribution in [0.1, 0.15) is 45.6 Å². The first-order chi connectivity index (χ1) is 19.1. The highest BCUT2D eigenvalue weighted by Gasteiger charge is 2.77. The first kappa shape index (κ1) is 30.7. The Kier molecular flexibility index (Phi) is 9.42. The van der Waals surface area contributed by atoms with E-state index in [4.69, 9.17) is 16.3 Å². The molecule has 3 unspecified atom stereocenters. The number of carbonyl (C=O) groups is 3. The Labute approximate surface area is 246 Å². The Bertz CT molecular complexity index is 1150. The lowest BCUT2D eigenvalue weighted by atomic mass is 9.66. The number of benzene rings is 1. The van der Waals surface area contributed by atoms with Crippen molar-refractivity contribution in [1.82, 2.24) is 4.90 Å². The predicted octanol–water partition coefficient (Wildman–Crippen LogP) is 5.03. The maximum Gasteiger partial charge on any atom is 0.310 e. The number of esters is 1. The van der Waals surface area contributed by atoms with Gasteiger partial charge in [0.2, 0.25) is 5.91 Å². The van der Waals surface area contributed by atoms with Crippen LogP contribution >= 0.6 is 23.4 Å². The van der Waals surface area contributed by atoms with Crippen molar-refractivity contribution < 1.29 is 24.2 Å². The quantitative estimate of drug-likeness (QED) is 0.209. The Morgan fingerprint density at radius 2 is 2.05 bits per heavy atom. The number of fused-ring (bicyclic) bond motifs is 1. The zero-order chi connectivity index (χ0) is 29.4. The van der Waals surface area contributed by atoms with E-state index in [1.54, 1.807) is 39.8 Å². The van der Waals surface area contributed by atoms with Gasteiger partial charge in [0, 0.05) is 11.8 Å². The van der Waals surface area contributed by atoms with E-state index in [1.807, 2.05) is 32.9 Å². The topological polar surface area (TPSA) is 87.1 Å². The second-order valence-electron chi connectivity index (χ2n) is 11.5. The van der Waals surface area contributed by atoms with Crippen molar-refractivity contribution in [2.75, 3.05) is 24.7 Å². The smallest absolute Gasteiger partial charge is 0.310 e. The SMILES string of the molecule is C=CCCCOC(=O)[C@@H]1[C@H]2C(=O)N([C@@H](CO)C(C)C)C(C(=O)N(CC=C)c3c(C)cccc3Cl)C23S[C@@H]1CC3C. The number of anilines is 1. The number of hydrogen-bond acceptors (Lipinski definition) is 6. The molecule has 0 radical (unpaired) electrons. The minimum Gasteiger partial charge on any atom is -0.465 e. The molecule has 1 aromatic rings. The Morgan fingerprint density at radius 1 is 1.32 bits per heavy atom. The summed E-state index contributed by atoms with van der Waals surface area (Å²) in [6, 6.07) is 4.00. The highest BCUT2D eigenvalue weighted by atomic mass is 35.5. The van der Waals surface area contributed by atoms with Gasteiger partial charge in [-0.15, -0.1) is 24.9 Å². The van der Waals surface area contributed by atoms with Crippen molar-refractivity contribution in [3.05, 3.63) is 54.1 Å². The first-order valence-corrected chi connectivity index (χ1v) is 15.4. The molecule has 3 aliphatic heterocycles. The normalized spacial score (nSPS) is 29.4. The van der Waals surface area contributed by atoms with Crippen LogP contribution < -0.4 is 4.90 Å². The average molecular weight is 589 g/mol. The van der Waals surface area contributed by atoms with Crippen LogP contribution in [0.2, 0.25) is 5.02 Å². The van der Waals surface area contributed by atoms with E-state index in [-0.39, 0.29) is 54.6 Å². The van der Waals surface area contributed by atoms with Crippen LogP contribution in [0.3, 0.4) is 0 Å². The summed E-state index contributed by atoms with van der Waals surface area (Å²) < 4.78 is 4.84. The number of aliphatic hydroxyl groups excluding tert-OH is 1. The fraction of sp³-hybridized carbons (Fsp3) is 0.581. The van der Waals surface area contributed by atoms with Gasteiger partial charge in [0.1, 0.15) is 6.04 Å². The summed E-state index contributed by atoms with van der Waals surface area (Å²) in [6.45, 7) is 15.6. The van der Waals surface area contributed by atoms with Gasteiger partial charge in [-0.3, -0.25) is 14.4 Å². The number of rotatable bonds is 12. The van der Waals surface area contributed by atoms with E-state index in [0.29, 0.717) is 23.6 Å². The highest BCUT2D eigenvalue weighted by Crippen LogP contribution is 2.69. The number of halogens is 1. The number of ether oxygens (including phenoxy) is 1. The van der Waals surface area contributed by atoms with Gasteiger partial charge < -0.3 is 19.6 Å². The molecule has 218 valence electrons. The van der Waals surface area contributed by atoms with Crippen molar-refractivity contribution in [3.63, 3.8) is 0 Å². The summed E-state index contributed by atoms with van der Waals surface area (Å²) in [5, 5.41) is 10.8. The number of allylic oxidation sites excluding steroid dienone is 1. The summed E-state index contributed by atoms with van der Waals surface area (Å²) in [4.78, 5) is 46.0. The van der Waals surface area contributed by atoms with Crippen LogP contribution in [0.4, 0.5) is 5.69 Å². The van der Waals surface area contributed by atoms with Crippen molar-refractivity contribution in [1.29, 1.82) is 0 Å². The molecule has 9 heteroatoms. The zero-order valence-electron chi connectivity index (χ0n) is 23.8.